The predicted octanol–water partition coefficient (Wildman–Crippen LogP) is 2.26. The molecule has 0 spiro atoms. The summed E-state index contributed by atoms with van der Waals surface area (Å²) in [5, 5.41) is 8.83. The minimum absolute atomic E-state index is 0.165. The van der Waals surface area contributed by atoms with Crippen LogP contribution in [0.3, 0.4) is 0 Å². The summed E-state index contributed by atoms with van der Waals surface area (Å²) in [5.74, 6) is 1.26. The van der Waals surface area contributed by atoms with Gasteiger partial charge in [0.2, 0.25) is 5.43 Å². The van der Waals surface area contributed by atoms with Gasteiger partial charge in [-0.3, -0.25) is 4.79 Å². The summed E-state index contributed by atoms with van der Waals surface area (Å²) in [6, 6.07) is 14.9. The van der Waals surface area contributed by atoms with Crippen molar-refractivity contribution < 1.29 is 17.9 Å². The normalized spacial score (nSPS) is 13.2. The third-order valence-electron chi connectivity index (χ3n) is 4.97. The minimum atomic E-state index is -3.38. The lowest BCUT2D eigenvalue weighted by atomic mass is 10.2. The molecular weight excluding hydrogens is 432 g/mol. The van der Waals surface area contributed by atoms with Crippen LogP contribution in [-0.2, 0) is 9.84 Å². The van der Waals surface area contributed by atoms with Crippen LogP contribution in [0.4, 0.5) is 0 Å². The Kier molecular flexibility index (Phi) is 4.78. The van der Waals surface area contributed by atoms with E-state index in [4.69, 9.17) is 9.47 Å². The Morgan fingerprint density at radius 2 is 1.75 bits per heavy atom. The van der Waals surface area contributed by atoms with E-state index in [9.17, 15) is 13.2 Å². The molecule has 10 heteroatoms. The Bertz CT molecular complexity index is 1490. The quantitative estimate of drug-likeness (QED) is 0.470. The lowest BCUT2D eigenvalue weighted by Gasteiger charge is -2.19. The van der Waals surface area contributed by atoms with E-state index in [2.05, 4.69) is 10.2 Å². The zero-order chi connectivity index (χ0) is 22.3. The summed E-state index contributed by atoms with van der Waals surface area (Å²) >= 11 is 0. The number of hydrogen-bond acceptors (Lipinski definition) is 7. The second kappa shape index (κ2) is 7.65. The maximum Gasteiger partial charge on any atom is 0.209 e. The second-order valence-corrected chi connectivity index (χ2v) is 9.21. The lowest BCUT2D eigenvalue weighted by molar-refractivity contribution is 0.171. The molecule has 32 heavy (non-hydrogen) atoms. The van der Waals surface area contributed by atoms with Crippen molar-refractivity contribution in [3.05, 3.63) is 77.2 Å². The highest BCUT2D eigenvalue weighted by molar-refractivity contribution is 7.90. The Balaban J connectivity index is 1.60. The number of nitrogens with zero attached hydrogens (tertiary/aromatic N) is 4. The molecule has 0 atom stereocenters. The molecule has 0 saturated carbocycles. The van der Waals surface area contributed by atoms with Crippen LogP contribution in [-0.4, -0.2) is 47.4 Å². The molecule has 0 bridgehead atoms. The first-order valence-electron chi connectivity index (χ1n) is 9.75. The van der Waals surface area contributed by atoms with E-state index in [1.165, 1.54) is 29.1 Å². The van der Waals surface area contributed by atoms with Crippen molar-refractivity contribution in [1.29, 1.82) is 0 Å². The van der Waals surface area contributed by atoms with E-state index in [1.807, 2.05) is 6.07 Å². The summed E-state index contributed by atoms with van der Waals surface area (Å²) in [5.41, 5.74) is 1.56. The Morgan fingerprint density at radius 1 is 0.938 bits per heavy atom. The maximum absolute atomic E-state index is 12.7. The van der Waals surface area contributed by atoms with E-state index in [-0.39, 0.29) is 16.0 Å². The number of sulfone groups is 1. The first kappa shape index (κ1) is 20.0. The highest BCUT2D eigenvalue weighted by atomic mass is 32.2. The summed E-state index contributed by atoms with van der Waals surface area (Å²) in [6.45, 7) is 0.952. The van der Waals surface area contributed by atoms with Gasteiger partial charge < -0.3 is 9.47 Å². The van der Waals surface area contributed by atoms with Crippen molar-refractivity contribution in [2.75, 3.05) is 19.5 Å². The molecule has 0 N–H and O–H groups in total. The molecule has 4 aromatic rings. The molecule has 0 saturated heterocycles. The van der Waals surface area contributed by atoms with Gasteiger partial charge in [0.05, 0.1) is 28.2 Å². The van der Waals surface area contributed by atoms with E-state index >= 15 is 0 Å². The summed E-state index contributed by atoms with van der Waals surface area (Å²) in [7, 11) is -3.38. The third kappa shape index (κ3) is 3.65. The van der Waals surface area contributed by atoms with Gasteiger partial charge in [0.25, 0.3) is 0 Å². The molecule has 0 unspecified atom stereocenters. The second-order valence-electron chi connectivity index (χ2n) is 7.20. The van der Waals surface area contributed by atoms with Crippen molar-refractivity contribution in [2.24, 2.45) is 0 Å². The highest BCUT2D eigenvalue weighted by Gasteiger charge is 2.17. The standard InChI is InChI=1S/C22H18N4O5S/c1-32(28,29)17-4-2-3-15(13-17)25-10-8-19(27)22(24-25)18-7-9-23-26(18)16-5-6-20-21(14-16)31-12-11-30-20/h2-10,13-14H,11-12H2,1H3. The summed E-state index contributed by atoms with van der Waals surface area (Å²) in [6.07, 6.45) is 4.22. The van der Waals surface area contributed by atoms with Gasteiger partial charge in [-0.05, 0) is 36.4 Å². The number of benzene rings is 2. The van der Waals surface area contributed by atoms with Gasteiger partial charge in [-0.25, -0.2) is 17.8 Å². The fraction of sp³-hybridized carbons (Fsp3) is 0.136. The van der Waals surface area contributed by atoms with Gasteiger partial charge in [0.15, 0.2) is 27.0 Å². The zero-order valence-electron chi connectivity index (χ0n) is 17.0. The van der Waals surface area contributed by atoms with Crippen LogP contribution in [0, 0.1) is 0 Å². The van der Waals surface area contributed by atoms with E-state index in [1.54, 1.807) is 41.2 Å². The van der Waals surface area contributed by atoms with Crippen molar-refractivity contribution in [3.8, 4) is 34.3 Å². The van der Waals surface area contributed by atoms with E-state index < -0.39 is 9.84 Å². The molecule has 5 rings (SSSR count). The average molecular weight is 450 g/mol. The molecule has 3 heterocycles. The SMILES string of the molecule is CS(=O)(=O)c1cccc(-n2ccc(=O)c(-c3ccnn3-c3ccc4c(c3)OCCO4)n2)c1. The van der Waals surface area contributed by atoms with Crippen molar-refractivity contribution in [2.45, 2.75) is 4.90 Å². The van der Waals surface area contributed by atoms with Crippen LogP contribution in [0.2, 0.25) is 0 Å². The van der Waals surface area contributed by atoms with Crippen LogP contribution in [0.25, 0.3) is 22.8 Å². The molecule has 0 amide bonds. The van der Waals surface area contributed by atoms with Crippen LogP contribution in [0.15, 0.2) is 76.7 Å². The van der Waals surface area contributed by atoms with Crippen molar-refractivity contribution in [3.63, 3.8) is 0 Å². The highest BCUT2D eigenvalue weighted by Crippen LogP contribution is 2.32. The summed E-state index contributed by atoms with van der Waals surface area (Å²) in [4.78, 5) is 12.9. The average Bonchev–Trinajstić information content (AvgIpc) is 3.28. The molecule has 1 aliphatic heterocycles. The van der Waals surface area contributed by atoms with E-state index in [0.717, 1.165) is 6.26 Å². The van der Waals surface area contributed by atoms with Gasteiger partial charge in [0, 0.05) is 24.6 Å². The fourth-order valence-corrected chi connectivity index (χ4v) is 4.10. The number of rotatable bonds is 4. The molecule has 2 aromatic carbocycles. The molecule has 162 valence electrons. The molecular formula is C22H18N4O5S. The molecule has 0 radical (unpaired) electrons. The Hall–Kier alpha value is -3.92. The van der Waals surface area contributed by atoms with E-state index in [0.29, 0.717) is 41.8 Å². The van der Waals surface area contributed by atoms with Crippen molar-refractivity contribution in [1.82, 2.24) is 19.6 Å². The zero-order valence-corrected chi connectivity index (χ0v) is 17.8. The molecule has 1 aliphatic rings. The molecule has 9 nitrogen and oxygen atoms in total. The number of ether oxygens (including phenoxy) is 2. The van der Waals surface area contributed by atoms with Crippen LogP contribution in [0.1, 0.15) is 0 Å². The number of aromatic nitrogens is 4. The first-order chi connectivity index (χ1) is 15.4. The Labute approximate surface area is 183 Å². The predicted molar refractivity (Wildman–Crippen MR) is 116 cm³/mol. The molecule has 0 fully saturated rings. The van der Waals surface area contributed by atoms with Gasteiger partial charge in [0.1, 0.15) is 13.2 Å². The number of fused-ring (bicyclic) bond motifs is 1. The maximum atomic E-state index is 12.7. The Morgan fingerprint density at radius 3 is 2.56 bits per heavy atom. The monoisotopic (exact) mass is 450 g/mol. The third-order valence-corrected chi connectivity index (χ3v) is 6.08. The summed E-state index contributed by atoms with van der Waals surface area (Å²) < 4.78 is 38.1. The van der Waals surface area contributed by atoms with Gasteiger partial charge >= 0.3 is 0 Å². The molecule has 2 aromatic heterocycles. The number of hydrogen-bond donors (Lipinski definition) is 0. The fourth-order valence-electron chi connectivity index (χ4n) is 3.44. The van der Waals surface area contributed by atoms with Crippen molar-refractivity contribution >= 4 is 9.84 Å². The largest absolute Gasteiger partial charge is 0.486 e. The van der Waals surface area contributed by atoms with Crippen LogP contribution < -0.4 is 14.9 Å². The van der Waals surface area contributed by atoms with Gasteiger partial charge in [-0.2, -0.15) is 10.2 Å². The lowest BCUT2D eigenvalue weighted by Crippen LogP contribution is -2.16. The topological polar surface area (TPSA) is 105 Å². The van der Waals surface area contributed by atoms with Gasteiger partial charge in [-0.1, -0.05) is 6.07 Å². The first-order valence-corrected chi connectivity index (χ1v) is 11.6. The minimum Gasteiger partial charge on any atom is -0.486 e. The van der Waals surface area contributed by atoms with Crippen LogP contribution in [0.5, 0.6) is 11.5 Å². The van der Waals surface area contributed by atoms with Gasteiger partial charge in [-0.15, -0.1) is 0 Å². The smallest absolute Gasteiger partial charge is 0.209 e. The molecule has 0 aliphatic carbocycles. The van der Waals surface area contributed by atoms with Crippen LogP contribution >= 0.6 is 0 Å².